The molecule has 1 saturated heterocycles. The lowest BCUT2D eigenvalue weighted by Gasteiger charge is -2.35. The van der Waals surface area contributed by atoms with E-state index in [-0.39, 0.29) is 12.5 Å². The second kappa shape index (κ2) is 8.68. The van der Waals surface area contributed by atoms with E-state index in [1.54, 1.807) is 16.9 Å². The van der Waals surface area contributed by atoms with E-state index in [0.717, 1.165) is 18.9 Å². The second-order valence-electron chi connectivity index (χ2n) is 6.69. The fourth-order valence-electron chi connectivity index (χ4n) is 3.30. The Morgan fingerprint density at radius 1 is 1.10 bits per heavy atom. The molecule has 0 N–H and O–H groups in total. The quantitative estimate of drug-likeness (QED) is 0.629. The molecular weight excluding hydrogens is 370 g/mol. The molecule has 1 aliphatic rings. The molecule has 0 unspecified atom stereocenters. The third kappa shape index (κ3) is 4.34. The van der Waals surface area contributed by atoms with Crippen molar-refractivity contribution in [2.45, 2.75) is 20.1 Å². The average Bonchev–Trinajstić information content (AvgIpc) is 3.26. The van der Waals surface area contributed by atoms with Crippen LogP contribution in [0.1, 0.15) is 23.1 Å². The van der Waals surface area contributed by atoms with Gasteiger partial charge in [-0.3, -0.25) is 4.79 Å². The van der Waals surface area contributed by atoms with Gasteiger partial charge in [-0.2, -0.15) is 0 Å². The van der Waals surface area contributed by atoms with Crippen molar-refractivity contribution in [3.63, 3.8) is 0 Å². The molecule has 1 amide bonds. The molecule has 0 saturated carbocycles. The van der Waals surface area contributed by atoms with Crippen molar-refractivity contribution >= 4 is 11.7 Å². The summed E-state index contributed by atoms with van der Waals surface area (Å²) in [6.07, 6.45) is 1.79. The normalized spacial score (nSPS) is 14.1. The van der Waals surface area contributed by atoms with Crippen LogP contribution in [0.15, 0.2) is 48.7 Å². The summed E-state index contributed by atoms with van der Waals surface area (Å²) < 4.78 is 7.47. The van der Waals surface area contributed by atoms with Crippen LogP contribution in [0.3, 0.4) is 0 Å². The number of pyridine rings is 1. The standard InChI is InChI=1S/C20H23N7O2/c1-2-27-19(22-23-24-27)15-29-17-7-5-6-16(14-17)20(28)26-12-10-25(11-13-26)18-8-3-4-9-21-18/h3-9,14H,2,10-13,15H2,1H3. The SMILES string of the molecule is CCn1nnnc1COc1cccc(C(=O)N2CCN(c3ccccn3)CC2)c1. The molecule has 29 heavy (non-hydrogen) atoms. The topological polar surface area (TPSA) is 89.3 Å². The van der Waals surface area contributed by atoms with Crippen LogP contribution in [0.5, 0.6) is 5.75 Å². The summed E-state index contributed by atoms with van der Waals surface area (Å²) >= 11 is 0. The summed E-state index contributed by atoms with van der Waals surface area (Å²) in [6, 6.07) is 13.1. The summed E-state index contributed by atoms with van der Waals surface area (Å²) in [7, 11) is 0. The van der Waals surface area contributed by atoms with E-state index < -0.39 is 0 Å². The minimum atomic E-state index is 0.00881. The van der Waals surface area contributed by atoms with Crippen LogP contribution in [0, 0.1) is 0 Å². The number of hydrogen-bond donors (Lipinski definition) is 0. The summed E-state index contributed by atoms with van der Waals surface area (Å²) in [5.74, 6) is 2.22. The number of aromatic nitrogens is 5. The van der Waals surface area contributed by atoms with Gasteiger partial charge in [0.15, 0.2) is 5.82 Å². The fourth-order valence-corrected chi connectivity index (χ4v) is 3.30. The number of benzene rings is 1. The first-order valence-electron chi connectivity index (χ1n) is 9.67. The number of anilines is 1. The predicted molar refractivity (Wildman–Crippen MR) is 107 cm³/mol. The summed E-state index contributed by atoms with van der Waals surface area (Å²) in [5.41, 5.74) is 0.615. The van der Waals surface area contributed by atoms with Crippen molar-refractivity contribution < 1.29 is 9.53 Å². The molecule has 9 nitrogen and oxygen atoms in total. The number of tetrazole rings is 1. The molecule has 0 spiro atoms. The molecule has 0 atom stereocenters. The maximum absolute atomic E-state index is 12.9. The molecule has 9 heteroatoms. The first-order chi connectivity index (χ1) is 14.2. The number of piperazine rings is 1. The smallest absolute Gasteiger partial charge is 0.254 e. The third-order valence-corrected chi connectivity index (χ3v) is 4.89. The van der Waals surface area contributed by atoms with Gasteiger partial charge in [-0.05, 0) is 47.7 Å². The van der Waals surface area contributed by atoms with Gasteiger partial charge in [0.05, 0.1) is 0 Å². The molecule has 0 bridgehead atoms. The van der Waals surface area contributed by atoms with Crippen molar-refractivity contribution in [3.05, 3.63) is 60.0 Å². The van der Waals surface area contributed by atoms with E-state index in [9.17, 15) is 4.79 Å². The van der Waals surface area contributed by atoms with E-state index in [1.807, 2.05) is 48.2 Å². The highest BCUT2D eigenvalue weighted by atomic mass is 16.5. The predicted octanol–water partition coefficient (Wildman–Crippen LogP) is 1.63. The van der Waals surface area contributed by atoms with E-state index in [0.29, 0.717) is 36.8 Å². The van der Waals surface area contributed by atoms with E-state index in [4.69, 9.17) is 4.74 Å². The number of carbonyl (C=O) groups is 1. The maximum Gasteiger partial charge on any atom is 0.254 e. The molecule has 1 aliphatic heterocycles. The highest BCUT2D eigenvalue weighted by Gasteiger charge is 2.23. The number of amides is 1. The summed E-state index contributed by atoms with van der Waals surface area (Å²) in [5, 5.41) is 11.5. The highest BCUT2D eigenvalue weighted by Crippen LogP contribution is 2.18. The Morgan fingerprint density at radius 2 is 1.97 bits per heavy atom. The number of aryl methyl sites for hydroxylation is 1. The van der Waals surface area contributed by atoms with Crippen LogP contribution >= 0.6 is 0 Å². The van der Waals surface area contributed by atoms with Crippen molar-refractivity contribution in [2.75, 3.05) is 31.1 Å². The lowest BCUT2D eigenvalue weighted by molar-refractivity contribution is 0.0746. The van der Waals surface area contributed by atoms with E-state index >= 15 is 0 Å². The van der Waals surface area contributed by atoms with Gasteiger partial charge in [0.1, 0.15) is 18.2 Å². The molecular formula is C20H23N7O2. The van der Waals surface area contributed by atoms with Crippen molar-refractivity contribution in [1.29, 1.82) is 0 Å². The third-order valence-electron chi connectivity index (χ3n) is 4.89. The first kappa shape index (κ1) is 18.9. The molecule has 3 heterocycles. The van der Waals surface area contributed by atoms with Gasteiger partial charge in [-0.25, -0.2) is 9.67 Å². The zero-order chi connectivity index (χ0) is 20.1. The Bertz CT molecular complexity index is 952. The Kier molecular flexibility index (Phi) is 5.64. The van der Waals surface area contributed by atoms with Gasteiger partial charge in [0, 0.05) is 44.5 Å². The van der Waals surface area contributed by atoms with Crippen LogP contribution in [-0.4, -0.2) is 62.2 Å². The van der Waals surface area contributed by atoms with Crippen LogP contribution < -0.4 is 9.64 Å². The van der Waals surface area contributed by atoms with Gasteiger partial charge in [-0.15, -0.1) is 5.10 Å². The van der Waals surface area contributed by atoms with Gasteiger partial charge >= 0.3 is 0 Å². The Morgan fingerprint density at radius 3 is 2.72 bits per heavy atom. The van der Waals surface area contributed by atoms with Gasteiger partial charge in [0.2, 0.25) is 0 Å². The average molecular weight is 393 g/mol. The minimum absolute atomic E-state index is 0.00881. The van der Waals surface area contributed by atoms with Gasteiger partial charge in [-0.1, -0.05) is 12.1 Å². The minimum Gasteiger partial charge on any atom is -0.486 e. The number of nitrogens with zero attached hydrogens (tertiary/aromatic N) is 7. The maximum atomic E-state index is 12.9. The number of carbonyl (C=O) groups excluding carboxylic acids is 1. The van der Waals surface area contributed by atoms with Crippen LogP contribution in [0.2, 0.25) is 0 Å². The van der Waals surface area contributed by atoms with Crippen molar-refractivity contribution in [2.24, 2.45) is 0 Å². The molecule has 0 radical (unpaired) electrons. The van der Waals surface area contributed by atoms with Crippen LogP contribution in [0.25, 0.3) is 0 Å². The number of ether oxygens (including phenoxy) is 1. The molecule has 1 aromatic carbocycles. The van der Waals surface area contributed by atoms with Gasteiger partial charge in [0.25, 0.3) is 5.91 Å². The molecule has 1 fully saturated rings. The monoisotopic (exact) mass is 393 g/mol. The molecule has 3 aromatic rings. The molecule has 4 rings (SSSR count). The zero-order valence-corrected chi connectivity index (χ0v) is 16.3. The zero-order valence-electron chi connectivity index (χ0n) is 16.3. The Balaban J connectivity index is 1.36. The van der Waals surface area contributed by atoms with Gasteiger partial charge < -0.3 is 14.5 Å². The Labute approximate surface area is 168 Å². The lowest BCUT2D eigenvalue weighted by Crippen LogP contribution is -2.49. The van der Waals surface area contributed by atoms with Crippen LogP contribution in [0.4, 0.5) is 5.82 Å². The Hall–Kier alpha value is -3.49. The van der Waals surface area contributed by atoms with Crippen LogP contribution in [-0.2, 0) is 13.2 Å². The van der Waals surface area contributed by atoms with E-state index in [2.05, 4.69) is 25.4 Å². The molecule has 0 aliphatic carbocycles. The first-order valence-corrected chi connectivity index (χ1v) is 9.67. The highest BCUT2D eigenvalue weighted by molar-refractivity contribution is 5.94. The lowest BCUT2D eigenvalue weighted by atomic mass is 10.1. The molecule has 150 valence electrons. The summed E-state index contributed by atoms with van der Waals surface area (Å²) in [6.45, 7) is 5.73. The number of hydrogen-bond acceptors (Lipinski definition) is 7. The largest absolute Gasteiger partial charge is 0.486 e. The number of rotatable bonds is 6. The van der Waals surface area contributed by atoms with E-state index in [1.165, 1.54) is 0 Å². The fraction of sp³-hybridized carbons (Fsp3) is 0.350. The molecule has 2 aromatic heterocycles. The summed E-state index contributed by atoms with van der Waals surface area (Å²) in [4.78, 5) is 21.4. The van der Waals surface area contributed by atoms with Crippen molar-refractivity contribution in [3.8, 4) is 5.75 Å². The second-order valence-corrected chi connectivity index (χ2v) is 6.69. The van der Waals surface area contributed by atoms with Crippen molar-refractivity contribution in [1.82, 2.24) is 30.1 Å².